The first kappa shape index (κ1) is 33.4. The first-order chi connectivity index (χ1) is 17.6. The van der Waals surface area contributed by atoms with Crippen molar-refractivity contribution in [1.29, 1.82) is 0 Å². The molecule has 0 saturated heterocycles. The molecular formula is C29H50O6Si2. The second-order valence-corrected chi connectivity index (χ2v) is 19.1. The molecule has 0 unspecified atom stereocenters. The third-order valence-electron chi connectivity index (χ3n) is 7.85. The van der Waals surface area contributed by atoms with E-state index >= 15 is 0 Å². The quantitative estimate of drug-likeness (QED) is 0.0688. The lowest BCUT2D eigenvalue weighted by atomic mass is 9.97. The van der Waals surface area contributed by atoms with E-state index in [2.05, 4.69) is 53.4 Å². The highest BCUT2D eigenvalue weighted by molar-refractivity contribution is 6.74. The van der Waals surface area contributed by atoms with E-state index in [9.17, 15) is 4.79 Å². The molecule has 210 valence electrons. The van der Waals surface area contributed by atoms with Crippen LogP contribution in [0.15, 0.2) is 24.3 Å². The summed E-state index contributed by atoms with van der Waals surface area (Å²) in [7, 11) is -1.09. The van der Waals surface area contributed by atoms with Gasteiger partial charge in [0.15, 0.2) is 16.6 Å². The lowest BCUT2D eigenvalue weighted by Crippen LogP contribution is -2.55. The molecule has 8 heteroatoms. The van der Waals surface area contributed by atoms with Crippen LogP contribution in [0.2, 0.25) is 36.3 Å². The van der Waals surface area contributed by atoms with E-state index in [4.69, 9.17) is 23.1 Å². The molecule has 0 aliphatic carbocycles. The molecule has 0 saturated carbocycles. The Balaban J connectivity index is 3.31. The molecule has 0 N–H and O–H groups in total. The molecule has 1 aromatic carbocycles. The van der Waals surface area contributed by atoms with Crippen LogP contribution < -0.4 is 4.74 Å². The summed E-state index contributed by atoms with van der Waals surface area (Å²) in [6.07, 6.45) is 0.308. The van der Waals surface area contributed by atoms with Crippen LogP contribution in [0.25, 0.3) is 0 Å². The fourth-order valence-corrected chi connectivity index (χ4v) is 10.6. The Hall–Kier alpha value is -1.64. The van der Waals surface area contributed by atoms with Crippen molar-refractivity contribution in [2.24, 2.45) is 0 Å². The highest BCUT2D eigenvalue weighted by Gasteiger charge is 2.45. The van der Waals surface area contributed by atoms with Gasteiger partial charge in [-0.15, -0.1) is 0 Å². The molecule has 0 fully saturated rings. The van der Waals surface area contributed by atoms with E-state index in [1.54, 1.807) is 7.11 Å². The summed E-state index contributed by atoms with van der Waals surface area (Å²) < 4.78 is 30.3. The number of esters is 1. The molecule has 0 heterocycles. The van der Waals surface area contributed by atoms with E-state index in [-0.39, 0.29) is 6.10 Å². The molecule has 37 heavy (non-hydrogen) atoms. The van der Waals surface area contributed by atoms with Gasteiger partial charge in [-0.1, -0.05) is 59.6 Å². The van der Waals surface area contributed by atoms with E-state index < -0.39 is 28.2 Å². The lowest BCUT2D eigenvalue weighted by molar-refractivity contribution is -0.133. The molecule has 0 radical (unpaired) electrons. The number of methoxy groups -OCH3 is 2. The molecule has 0 aromatic heterocycles. The summed E-state index contributed by atoms with van der Waals surface area (Å²) >= 11 is 0. The maximum Gasteiger partial charge on any atom is 0.384 e. The summed E-state index contributed by atoms with van der Waals surface area (Å²) in [4.78, 5) is 12.1. The van der Waals surface area contributed by atoms with Crippen molar-refractivity contribution >= 4 is 22.6 Å². The first-order valence-corrected chi connectivity index (χ1v) is 18.9. The molecular weight excluding hydrogens is 500 g/mol. The fourth-order valence-electron chi connectivity index (χ4n) is 4.66. The number of hydrogen-bond donors (Lipinski definition) is 0. The van der Waals surface area contributed by atoms with Crippen molar-refractivity contribution in [1.82, 2.24) is 0 Å². The molecule has 1 rings (SSSR count). The predicted molar refractivity (Wildman–Crippen MR) is 156 cm³/mol. The van der Waals surface area contributed by atoms with Crippen molar-refractivity contribution in [2.75, 3.05) is 20.8 Å². The SMILES string of the molecule is CC[Si](CC)(CC)O[C@H](CCOCc1ccc(OC)cc1)[C@@](C)(C#CC(=O)OC)O[Si](CC)(CC)CC. The minimum Gasteiger partial charge on any atom is -0.497 e. The van der Waals surface area contributed by atoms with Crippen molar-refractivity contribution in [3.05, 3.63) is 29.8 Å². The summed E-state index contributed by atoms with van der Waals surface area (Å²) in [5, 5.41) is 0. The van der Waals surface area contributed by atoms with Crippen LogP contribution >= 0.6 is 0 Å². The van der Waals surface area contributed by atoms with Gasteiger partial charge in [0.25, 0.3) is 0 Å². The van der Waals surface area contributed by atoms with Gasteiger partial charge in [-0.2, -0.15) is 0 Å². The molecule has 0 aliphatic heterocycles. The topological polar surface area (TPSA) is 63.2 Å². The number of carbonyl (C=O) groups is 1. The Morgan fingerprint density at radius 3 is 1.89 bits per heavy atom. The van der Waals surface area contributed by atoms with E-state index in [0.717, 1.165) is 47.6 Å². The van der Waals surface area contributed by atoms with E-state index in [1.807, 2.05) is 31.2 Å². The summed E-state index contributed by atoms with van der Waals surface area (Å²) in [5.74, 6) is 6.13. The molecule has 0 bridgehead atoms. The van der Waals surface area contributed by atoms with Crippen LogP contribution in [-0.2, 0) is 29.7 Å². The number of benzene rings is 1. The van der Waals surface area contributed by atoms with Gasteiger partial charge in [-0.25, -0.2) is 4.79 Å². The van der Waals surface area contributed by atoms with E-state index in [1.165, 1.54) is 7.11 Å². The van der Waals surface area contributed by atoms with Crippen LogP contribution in [-0.4, -0.2) is 55.1 Å². The van der Waals surface area contributed by atoms with Crippen molar-refractivity contribution in [3.63, 3.8) is 0 Å². The van der Waals surface area contributed by atoms with Crippen LogP contribution in [0.4, 0.5) is 0 Å². The van der Waals surface area contributed by atoms with Gasteiger partial charge in [0.1, 0.15) is 11.4 Å². The van der Waals surface area contributed by atoms with Crippen LogP contribution in [0.1, 0.15) is 60.5 Å². The summed E-state index contributed by atoms with van der Waals surface area (Å²) in [6, 6.07) is 13.9. The summed E-state index contributed by atoms with van der Waals surface area (Å²) in [5.41, 5.74) is 0.139. The molecule has 0 amide bonds. The Labute approximate surface area is 228 Å². The first-order valence-electron chi connectivity index (χ1n) is 13.8. The maximum atomic E-state index is 12.1. The maximum absolute atomic E-state index is 12.1. The standard InChI is InChI=1S/C29H50O6Si2/c1-10-36(11-2,12-3)34-27(21-23-33-24-25-16-18-26(31-8)19-17-25)29(7,22-20-28(30)32-9)35-37(13-4,14-5)15-6/h16-19,27H,10-15,21,23-24H2,1-9H3/t27-,29-/m1/s1. The number of rotatable bonds is 17. The van der Waals surface area contributed by atoms with Crippen LogP contribution in [0.5, 0.6) is 5.75 Å². The van der Waals surface area contributed by atoms with Gasteiger partial charge >= 0.3 is 5.97 Å². The molecule has 6 nitrogen and oxygen atoms in total. The van der Waals surface area contributed by atoms with Gasteiger partial charge in [0.2, 0.25) is 0 Å². The summed E-state index contributed by atoms with van der Waals surface area (Å²) in [6.45, 7) is 16.3. The fraction of sp³-hybridized carbons (Fsp3) is 0.690. The van der Waals surface area contributed by atoms with Crippen molar-refractivity contribution in [3.8, 4) is 17.6 Å². The van der Waals surface area contributed by atoms with Crippen molar-refractivity contribution in [2.45, 2.75) is 109 Å². The third kappa shape index (κ3) is 9.88. The zero-order valence-electron chi connectivity index (χ0n) is 24.7. The highest BCUT2D eigenvalue weighted by Crippen LogP contribution is 2.35. The van der Waals surface area contributed by atoms with E-state index in [0.29, 0.717) is 19.6 Å². The van der Waals surface area contributed by atoms with Crippen LogP contribution in [0, 0.1) is 11.8 Å². The predicted octanol–water partition coefficient (Wildman–Crippen LogP) is 6.95. The van der Waals surface area contributed by atoms with Gasteiger partial charge in [-0.05, 0) is 67.3 Å². The Morgan fingerprint density at radius 1 is 0.892 bits per heavy atom. The average molecular weight is 551 g/mol. The normalized spacial score (nSPS) is 14.3. The number of hydrogen-bond acceptors (Lipinski definition) is 6. The number of ether oxygens (including phenoxy) is 3. The zero-order chi connectivity index (χ0) is 28.0. The largest absolute Gasteiger partial charge is 0.497 e. The molecule has 0 spiro atoms. The molecule has 2 atom stereocenters. The van der Waals surface area contributed by atoms with Gasteiger partial charge in [0.05, 0.1) is 26.9 Å². The monoisotopic (exact) mass is 550 g/mol. The second kappa shape index (κ2) is 16.4. The van der Waals surface area contributed by atoms with Gasteiger partial charge in [0, 0.05) is 12.5 Å². The minimum absolute atomic E-state index is 0.316. The molecule has 1 aromatic rings. The zero-order valence-corrected chi connectivity index (χ0v) is 26.7. The smallest absolute Gasteiger partial charge is 0.384 e. The highest BCUT2D eigenvalue weighted by atomic mass is 28.4. The Morgan fingerprint density at radius 2 is 1.43 bits per heavy atom. The number of carbonyl (C=O) groups excluding carboxylic acids is 1. The van der Waals surface area contributed by atoms with Crippen molar-refractivity contribution < 1.29 is 27.9 Å². The molecule has 0 aliphatic rings. The minimum atomic E-state index is -2.08. The Kier molecular flexibility index (Phi) is 14.8. The lowest BCUT2D eigenvalue weighted by Gasteiger charge is -2.45. The van der Waals surface area contributed by atoms with Gasteiger partial charge in [-0.3, -0.25) is 0 Å². The average Bonchev–Trinajstić information content (AvgIpc) is 2.95. The Bertz CT molecular complexity index is 839. The van der Waals surface area contributed by atoms with Gasteiger partial charge < -0.3 is 23.1 Å². The van der Waals surface area contributed by atoms with Crippen LogP contribution in [0.3, 0.4) is 0 Å². The second-order valence-electron chi connectivity index (χ2n) is 9.73. The third-order valence-corrected chi connectivity index (χ3v) is 17.2.